The van der Waals surface area contributed by atoms with Gasteiger partial charge in [-0.2, -0.15) is 0 Å². The quantitative estimate of drug-likeness (QED) is 0.336. The summed E-state index contributed by atoms with van der Waals surface area (Å²) in [4.78, 5) is 9.20. The van der Waals surface area contributed by atoms with Gasteiger partial charge in [-0.05, 0) is 45.2 Å². The van der Waals surface area contributed by atoms with E-state index >= 15 is 0 Å². The second kappa shape index (κ2) is 12.6. The van der Waals surface area contributed by atoms with E-state index in [4.69, 9.17) is 16.3 Å². The lowest BCUT2D eigenvalue weighted by Gasteiger charge is -2.36. The molecule has 2 unspecified atom stereocenters. The van der Waals surface area contributed by atoms with Gasteiger partial charge < -0.3 is 20.3 Å². The standard InChI is InChI=1S/C19H32ClN5O.HI/c1-15(25-11-9-24(4)10-12-25)13-22-19(21-3)23-14-16(2)26-18-7-5-17(20)6-8-18;/h5-8,15-16H,9-14H2,1-4H3,(H2,21,22,23);1H. The predicted molar refractivity (Wildman–Crippen MR) is 125 cm³/mol. The van der Waals surface area contributed by atoms with Gasteiger partial charge >= 0.3 is 0 Å². The van der Waals surface area contributed by atoms with E-state index in [2.05, 4.69) is 39.4 Å². The lowest BCUT2D eigenvalue weighted by atomic mass is 10.2. The molecule has 1 fully saturated rings. The third kappa shape index (κ3) is 8.85. The topological polar surface area (TPSA) is 52.1 Å². The summed E-state index contributed by atoms with van der Waals surface area (Å²) in [5, 5.41) is 7.45. The summed E-state index contributed by atoms with van der Waals surface area (Å²) < 4.78 is 5.88. The van der Waals surface area contributed by atoms with Crippen molar-refractivity contribution in [2.75, 3.05) is 53.4 Å². The van der Waals surface area contributed by atoms with E-state index in [1.807, 2.05) is 31.2 Å². The summed E-state index contributed by atoms with van der Waals surface area (Å²) in [5.74, 6) is 1.62. The smallest absolute Gasteiger partial charge is 0.191 e. The Morgan fingerprint density at radius 3 is 2.30 bits per heavy atom. The van der Waals surface area contributed by atoms with Crippen LogP contribution >= 0.6 is 35.6 Å². The summed E-state index contributed by atoms with van der Waals surface area (Å²) in [5.41, 5.74) is 0. The minimum atomic E-state index is 0. The molecule has 0 aliphatic carbocycles. The average Bonchev–Trinajstić information content (AvgIpc) is 2.64. The highest BCUT2D eigenvalue weighted by molar-refractivity contribution is 14.0. The van der Waals surface area contributed by atoms with E-state index in [0.717, 1.165) is 44.4 Å². The van der Waals surface area contributed by atoms with Gasteiger partial charge in [-0.1, -0.05) is 11.6 Å². The number of hydrogen-bond donors (Lipinski definition) is 2. The highest BCUT2D eigenvalue weighted by Crippen LogP contribution is 2.16. The number of guanidine groups is 1. The molecule has 27 heavy (non-hydrogen) atoms. The van der Waals surface area contributed by atoms with Gasteiger partial charge in [0.05, 0.1) is 6.54 Å². The Balaban J connectivity index is 0.00000364. The second-order valence-electron chi connectivity index (χ2n) is 6.90. The molecule has 154 valence electrons. The van der Waals surface area contributed by atoms with Crippen molar-refractivity contribution >= 4 is 41.5 Å². The lowest BCUT2D eigenvalue weighted by Crippen LogP contribution is -2.52. The molecule has 1 aliphatic heterocycles. The highest BCUT2D eigenvalue weighted by atomic mass is 127. The van der Waals surface area contributed by atoms with E-state index in [0.29, 0.717) is 17.6 Å². The van der Waals surface area contributed by atoms with Gasteiger partial charge in [-0.25, -0.2) is 0 Å². The minimum absolute atomic E-state index is 0. The maximum Gasteiger partial charge on any atom is 0.191 e. The Kier molecular flexibility index (Phi) is 11.4. The van der Waals surface area contributed by atoms with Crippen LogP contribution in [0.25, 0.3) is 0 Å². The number of aliphatic imine (C=N–C) groups is 1. The zero-order valence-electron chi connectivity index (χ0n) is 16.7. The predicted octanol–water partition coefficient (Wildman–Crippen LogP) is 2.53. The highest BCUT2D eigenvalue weighted by Gasteiger charge is 2.19. The maximum atomic E-state index is 5.90. The molecule has 8 heteroatoms. The van der Waals surface area contributed by atoms with Crippen LogP contribution in [0.1, 0.15) is 13.8 Å². The minimum Gasteiger partial charge on any atom is -0.489 e. The van der Waals surface area contributed by atoms with Crippen molar-refractivity contribution in [3.8, 4) is 5.75 Å². The molecule has 1 heterocycles. The fourth-order valence-corrected chi connectivity index (χ4v) is 3.01. The molecule has 2 N–H and O–H groups in total. The van der Waals surface area contributed by atoms with E-state index in [-0.39, 0.29) is 30.1 Å². The zero-order chi connectivity index (χ0) is 18.9. The van der Waals surface area contributed by atoms with Gasteiger partial charge in [0, 0.05) is 50.8 Å². The van der Waals surface area contributed by atoms with Crippen molar-refractivity contribution in [2.24, 2.45) is 4.99 Å². The first kappa shape index (κ1) is 24.3. The SMILES string of the molecule is CN=C(NCC(C)Oc1ccc(Cl)cc1)NCC(C)N1CCN(C)CC1.I. The van der Waals surface area contributed by atoms with Crippen LogP contribution in [-0.2, 0) is 0 Å². The molecule has 2 rings (SSSR count). The van der Waals surface area contributed by atoms with Gasteiger partial charge in [0.25, 0.3) is 0 Å². The normalized spacial score (nSPS) is 18.3. The largest absolute Gasteiger partial charge is 0.489 e. The lowest BCUT2D eigenvalue weighted by molar-refractivity contribution is 0.120. The molecular formula is C19H33ClIN5O. The van der Waals surface area contributed by atoms with E-state index < -0.39 is 0 Å². The van der Waals surface area contributed by atoms with Crippen LogP contribution in [0, 0.1) is 0 Å². The number of hydrogen-bond acceptors (Lipinski definition) is 4. The Hall–Kier alpha value is -0.770. The first-order valence-electron chi connectivity index (χ1n) is 9.27. The molecule has 0 amide bonds. The van der Waals surface area contributed by atoms with Crippen LogP contribution < -0.4 is 15.4 Å². The number of nitrogens with one attached hydrogen (secondary N) is 2. The number of likely N-dealkylation sites (N-methyl/N-ethyl adjacent to an activating group) is 1. The maximum absolute atomic E-state index is 5.90. The Morgan fingerprint density at radius 2 is 1.70 bits per heavy atom. The monoisotopic (exact) mass is 509 g/mol. The summed E-state index contributed by atoms with van der Waals surface area (Å²) in [6.45, 7) is 10.4. The van der Waals surface area contributed by atoms with Gasteiger partial charge in [0.2, 0.25) is 0 Å². The molecular weight excluding hydrogens is 477 g/mol. The molecule has 1 aromatic carbocycles. The molecule has 0 bridgehead atoms. The first-order chi connectivity index (χ1) is 12.5. The van der Waals surface area contributed by atoms with Crippen LogP contribution in [0.3, 0.4) is 0 Å². The summed E-state index contributed by atoms with van der Waals surface area (Å²) in [6, 6.07) is 7.90. The van der Waals surface area contributed by atoms with Gasteiger partial charge in [-0.3, -0.25) is 9.89 Å². The molecule has 6 nitrogen and oxygen atoms in total. The first-order valence-corrected chi connectivity index (χ1v) is 9.65. The number of nitrogens with zero attached hydrogens (tertiary/aromatic N) is 3. The fourth-order valence-electron chi connectivity index (χ4n) is 2.88. The van der Waals surface area contributed by atoms with E-state index in [9.17, 15) is 0 Å². The van der Waals surface area contributed by atoms with Crippen molar-refractivity contribution in [1.29, 1.82) is 0 Å². The molecule has 0 radical (unpaired) electrons. The molecule has 0 aromatic heterocycles. The molecule has 2 atom stereocenters. The molecule has 0 spiro atoms. The number of halogens is 2. The van der Waals surface area contributed by atoms with Crippen molar-refractivity contribution in [1.82, 2.24) is 20.4 Å². The average molecular weight is 510 g/mol. The van der Waals surface area contributed by atoms with Crippen molar-refractivity contribution in [2.45, 2.75) is 26.0 Å². The second-order valence-corrected chi connectivity index (χ2v) is 7.34. The summed E-state index contributed by atoms with van der Waals surface area (Å²) >= 11 is 5.90. The number of benzene rings is 1. The Morgan fingerprint density at radius 1 is 1.11 bits per heavy atom. The van der Waals surface area contributed by atoms with Gasteiger partial charge in [0.1, 0.15) is 11.9 Å². The Bertz CT molecular complexity index is 564. The number of rotatable bonds is 7. The van der Waals surface area contributed by atoms with Crippen molar-refractivity contribution in [3.63, 3.8) is 0 Å². The summed E-state index contributed by atoms with van der Waals surface area (Å²) in [7, 11) is 3.97. The van der Waals surface area contributed by atoms with Crippen LogP contribution in [0.15, 0.2) is 29.3 Å². The fraction of sp³-hybridized carbons (Fsp3) is 0.632. The number of piperazine rings is 1. The third-order valence-corrected chi connectivity index (χ3v) is 4.91. The van der Waals surface area contributed by atoms with E-state index in [1.165, 1.54) is 0 Å². The van der Waals surface area contributed by atoms with Crippen molar-refractivity contribution in [3.05, 3.63) is 29.3 Å². The third-order valence-electron chi connectivity index (χ3n) is 4.66. The summed E-state index contributed by atoms with van der Waals surface area (Å²) in [6.07, 6.45) is 0.0183. The van der Waals surface area contributed by atoms with Gasteiger partial charge in [0.15, 0.2) is 5.96 Å². The van der Waals surface area contributed by atoms with Crippen LogP contribution in [0.4, 0.5) is 0 Å². The molecule has 0 saturated carbocycles. The molecule has 1 aromatic rings. The van der Waals surface area contributed by atoms with Crippen molar-refractivity contribution < 1.29 is 4.74 Å². The molecule has 1 saturated heterocycles. The Labute approximate surface area is 185 Å². The molecule has 1 aliphatic rings. The van der Waals surface area contributed by atoms with Crippen LogP contribution in [-0.4, -0.2) is 81.3 Å². The zero-order valence-corrected chi connectivity index (χ0v) is 19.8. The van der Waals surface area contributed by atoms with Gasteiger partial charge in [-0.15, -0.1) is 24.0 Å². The van der Waals surface area contributed by atoms with E-state index in [1.54, 1.807) is 7.05 Å². The van der Waals surface area contributed by atoms with Crippen LogP contribution in [0.5, 0.6) is 5.75 Å². The number of ether oxygens (including phenoxy) is 1. The van der Waals surface area contributed by atoms with Crippen LogP contribution in [0.2, 0.25) is 5.02 Å².